The number of aryl methyl sites for hydroxylation is 1. The summed E-state index contributed by atoms with van der Waals surface area (Å²) in [6.07, 6.45) is 3.76. The summed E-state index contributed by atoms with van der Waals surface area (Å²) < 4.78 is 32.3. The van der Waals surface area contributed by atoms with Crippen LogP contribution in [0, 0.1) is 6.92 Å². The number of nitrogens with zero attached hydrogens (tertiary/aromatic N) is 4. The lowest BCUT2D eigenvalue weighted by Crippen LogP contribution is -2.20. The highest BCUT2D eigenvalue weighted by Crippen LogP contribution is 2.36. The van der Waals surface area contributed by atoms with Crippen molar-refractivity contribution in [2.75, 3.05) is 17.3 Å². The predicted molar refractivity (Wildman–Crippen MR) is 115 cm³/mol. The van der Waals surface area contributed by atoms with E-state index in [0.29, 0.717) is 29.5 Å². The van der Waals surface area contributed by atoms with Crippen molar-refractivity contribution in [3.63, 3.8) is 0 Å². The molecule has 3 rings (SSSR count). The van der Waals surface area contributed by atoms with Gasteiger partial charge in [-0.15, -0.1) is 10.2 Å². The molecule has 1 N–H and O–H groups in total. The van der Waals surface area contributed by atoms with E-state index >= 15 is 0 Å². The average molecular weight is 415 g/mol. The minimum atomic E-state index is -2.61. The van der Waals surface area contributed by atoms with Crippen LogP contribution >= 0.6 is 0 Å². The van der Waals surface area contributed by atoms with E-state index in [1.54, 1.807) is 13.3 Å². The molecule has 0 aromatic carbocycles. The Bertz CT molecular complexity index is 957. The molecule has 0 aliphatic heterocycles. The number of aromatic nitrogens is 3. The van der Waals surface area contributed by atoms with Gasteiger partial charge in [0.05, 0.1) is 12.8 Å². The molecule has 0 radical (unpaired) electrons. The van der Waals surface area contributed by atoms with Gasteiger partial charge >= 0.3 is 0 Å². The van der Waals surface area contributed by atoms with E-state index in [9.17, 15) is 8.78 Å². The van der Waals surface area contributed by atoms with Gasteiger partial charge in [-0.25, -0.2) is 13.8 Å². The Balaban J connectivity index is 1.84. The maximum atomic E-state index is 13.4. The number of nitrogens with one attached hydrogen (secondary N) is 1. The van der Waals surface area contributed by atoms with Crippen LogP contribution in [0.5, 0.6) is 5.88 Å². The highest BCUT2D eigenvalue weighted by atomic mass is 19.3. The van der Waals surface area contributed by atoms with Crippen LogP contribution in [0.25, 0.3) is 11.4 Å². The summed E-state index contributed by atoms with van der Waals surface area (Å²) in [6, 6.07) is 5.26. The third-order valence-corrected chi connectivity index (χ3v) is 4.90. The van der Waals surface area contributed by atoms with Crippen molar-refractivity contribution < 1.29 is 13.5 Å². The summed E-state index contributed by atoms with van der Waals surface area (Å²) in [5.74, 6) is -1.66. The van der Waals surface area contributed by atoms with Crippen molar-refractivity contribution in [3.8, 4) is 17.3 Å². The molecule has 1 fully saturated rings. The lowest BCUT2D eigenvalue weighted by Gasteiger charge is -2.19. The van der Waals surface area contributed by atoms with E-state index in [0.717, 1.165) is 16.8 Å². The number of pyridine rings is 1. The third kappa shape index (κ3) is 4.93. The van der Waals surface area contributed by atoms with Gasteiger partial charge in [0.15, 0.2) is 5.82 Å². The van der Waals surface area contributed by atoms with Crippen LogP contribution < -0.4 is 15.0 Å². The standard InChI is InChI=1S/C22H27F2N5O/c1-6-29(13-14(2)3)19-8-7-17(26-21(19)30-5)18-11-15(4)20(28-27-18)25-16-9-10-22(23,24)12-16/h6-8,11,13,16H,1,9-10,12H2,2-5H3,(H,25,28). The maximum Gasteiger partial charge on any atom is 0.250 e. The summed E-state index contributed by atoms with van der Waals surface area (Å²) in [7, 11) is 1.56. The lowest BCUT2D eigenvalue weighted by atomic mass is 10.2. The van der Waals surface area contributed by atoms with E-state index in [-0.39, 0.29) is 18.9 Å². The second kappa shape index (κ2) is 8.77. The molecular weight excluding hydrogens is 388 g/mol. The van der Waals surface area contributed by atoms with Gasteiger partial charge in [0, 0.05) is 31.3 Å². The average Bonchev–Trinajstić information content (AvgIpc) is 3.05. The second-order valence-electron chi connectivity index (χ2n) is 7.72. The number of ether oxygens (including phenoxy) is 1. The zero-order valence-electron chi connectivity index (χ0n) is 17.7. The van der Waals surface area contributed by atoms with Crippen molar-refractivity contribution in [1.29, 1.82) is 0 Å². The van der Waals surface area contributed by atoms with Crippen molar-refractivity contribution in [1.82, 2.24) is 15.2 Å². The Labute approximate surface area is 175 Å². The molecule has 160 valence electrons. The molecule has 2 heterocycles. The molecule has 1 saturated carbocycles. The largest absolute Gasteiger partial charge is 0.479 e. The van der Waals surface area contributed by atoms with Crippen molar-refractivity contribution >= 4 is 11.5 Å². The molecule has 0 spiro atoms. The first-order chi connectivity index (χ1) is 14.2. The Kier molecular flexibility index (Phi) is 6.34. The van der Waals surface area contributed by atoms with Gasteiger partial charge in [-0.05, 0) is 51.0 Å². The van der Waals surface area contributed by atoms with Crippen LogP contribution in [0.1, 0.15) is 38.7 Å². The highest BCUT2D eigenvalue weighted by Gasteiger charge is 2.39. The van der Waals surface area contributed by atoms with Gasteiger partial charge in [-0.2, -0.15) is 0 Å². The van der Waals surface area contributed by atoms with Crippen LogP contribution in [-0.2, 0) is 0 Å². The van der Waals surface area contributed by atoms with Gasteiger partial charge in [0.2, 0.25) is 11.8 Å². The summed E-state index contributed by atoms with van der Waals surface area (Å²) >= 11 is 0. The fourth-order valence-corrected chi connectivity index (χ4v) is 3.44. The molecule has 2 aromatic rings. The first-order valence-corrected chi connectivity index (χ1v) is 9.82. The second-order valence-corrected chi connectivity index (χ2v) is 7.72. The maximum absolute atomic E-state index is 13.4. The molecule has 0 bridgehead atoms. The SMILES string of the molecule is C=CN(C=C(C)C)c1ccc(-c2cc(C)c(NC3CCC(F)(F)C3)nn2)nc1OC. The molecule has 0 amide bonds. The number of hydrogen-bond donors (Lipinski definition) is 1. The van der Waals surface area contributed by atoms with Crippen molar-refractivity contribution in [2.45, 2.75) is 52.0 Å². The Morgan fingerprint density at radius 3 is 2.63 bits per heavy atom. The highest BCUT2D eigenvalue weighted by molar-refractivity contribution is 5.66. The van der Waals surface area contributed by atoms with Crippen molar-refractivity contribution in [2.24, 2.45) is 0 Å². The topological polar surface area (TPSA) is 63.2 Å². The van der Waals surface area contributed by atoms with Crippen molar-refractivity contribution in [3.05, 3.63) is 48.3 Å². The number of hydrogen-bond acceptors (Lipinski definition) is 6. The van der Waals surface area contributed by atoms with Gasteiger partial charge in [0.25, 0.3) is 0 Å². The molecule has 1 atom stereocenters. The van der Waals surface area contributed by atoms with Gasteiger partial charge in [-0.1, -0.05) is 12.2 Å². The lowest BCUT2D eigenvalue weighted by molar-refractivity contribution is 0.00851. The molecular formula is C22H27F2N5O. The molecule has 2 aromatic heterocycles. The molecule has 1 aliphatic carbocycles. The molecule has 30 heavy (non-hydrogen) atoms. The number of rotatable bonds is 7. The van der Waals surface area contributed by atoms with Gasteiger partial charge in [0.1, 0.15) is 11.4 Å². The van der Waals surface area contributed by atoms with E-state index in [4.69, 9.17) is 4.74 Å². The third-order valence-electron chi connectivity index (χ3n) is 4.90. The fourth-order valence-electron chi connectivity index (χ4n) is 3.44. The minimum absolute atomic E-state index is 0.0975. The quantitative estimate of drug-likeness (QED) is 0.660. The molecule has 6 nitrogen and oxygen atoms in total. The Hall–Kier alpha value is -3.03. The molecule has 0 saturated heterocycles. The first-order valence-electron chi connectivity index (χ1n) is 9.82. The van der Waals surface area contributed by atoms with E-state index in [1.165, 1.54) is 0 Å². The zero-order valence-corrected chi connectivity index (χ0v) is 17.7. The minimum Gasteiger partial charge on any atom is -0.479 e. The number of halogens is 2. The zero-order chi connectivity index (χ0) is 21.9. The van der Waals surface area contributed by atoms with Gasteiger partial charge in [-0.3, -0.25) is 0 Å². The van der Waals surface area contributed by atoms with Gasteiger partial charge < -0.3 is 15.0 Å². The fraction of sp³-hybridized carbons (Fsp3) is 0.409. The van der Waals surface area contributed by atoms with Crippen LogP contribution in [0.4, 0.5) is 20.3 Å². The summed E-state index contributed by atoms with van der Waals surface area (Å²) in [6.45, 7) is 9.69. The molecule has 1 aliphatic rings. The van der Waals surface area contributed by atoms with Crippen LogP contribution in [0.2, 0.25) is 0 Å². The summed E-state index contributed by atoms with van der Waals surface area (Å²) in [4.78, 5) is 6.41. The number of alkyl halides is 2. The van der Waals surface area contributed by atoms with Crippen LogP contribution in [-0.4, -0.2) is 34.3 Å². The predicted octanol–water partition coefficient (Wildman–Crippen LogP) is 5.33. The van der Waals surface area contributed by atoms with E-state index in [2.05, 4.69) is 27.1 Å². The summed E-state index contributed by atoms with van der Waals surface area (Å²) in [5.41, 5.74) is 3.85. The van der Waals surface area contributed by atoms with Crippen LogP contribution in [0.15, 0.2) is 42.8 Å². The van der Waals surface area contributed by atoms with E-state index in [1.807, 2.05) is 50.1 Å². The smallest absolute Gasteiger partial charge is 0.250 e. The van der Waals surface area contributed by atoms with Crippen LogP contribution in [0.3, 0.4) is 0 Å². The number of anilines is 2. The Morgan fingerprint density at radius 2 is 2.07 bits per heavy atom. The summed E-state index contributed by atoms with van der Waals surface area (Å²) in [5, 5.41) is 11.5. The van der Waals surface area contributed by atoms with E-state index < -0.39 is 5.92 Å². The molecule has 8 heteroatoms. The first kappa shape index (κ1) is 21.7. The molecule has 1 unspecified atom stereocenters. The monoisotopic (exact) mass is 415 g/mol. The Morgan fingerprint density at radius 1 is 1.30 bits per heavy atom. The number of allylic oxidation sites excluding steroid dienone is 1. The normalized spacial score (nSPS) is 17.3. The number of methoxy groups -OCH3 is 1.